The van der Waals surface area contributed by atoms with Gasteiger partial charge in [0.15, 0.2) is 0 Å². The molecular formula is C20H28N4O2. The molecule has 3 aliphatic heterocycles. The van der Waals surface area contributed by atoms with Crippen molar-refractivity contribution < 1.29 is 9.53 Å². The van der Waals surface area contributed by atoms with Crippen molar-refractivity contribution in [3.63, 3.8) is 0 Å². The molecule has 2 bridgehead atoms. The van der Waals surface area contributed by atoms with E-state index in [2.05, 4.69) is 14.8 Å². The Morgan fingerprint density at radius 1 is 1.27 bits per heavy atom. The first-order chi connectivity index (χ1) is 12.7. The van der Waals surface area contributed by atoms with E-state index in [-0.39, 0.29) is 5.91 Å². The van der Waals surface area contributed by atoms with Gasteiger partial charge in [-0.05, 0) is 37.8 Å². The molecule has 0 unspecified atom stereocenters. The van der Waals surface area contributed by atoms with E-state index in [1.807, 2.05) is 35.7 Å². The van der Waals surface area contributed by atoms with Gasteiger partial charge in [-0.25, -0.2) is 4.98 Å². The molecule has 0 spiro atoms. The molecule has 0 aromatic carbocycles. The quantitative estimate of drug-likeness (QED) is 0.819. The molecule has 0 radical (unpaired) electrons. The molecule has 5 heterocycles. The third kappa shape index (κ3) is 3.35. The lowest BCUT2D eigenvalue weighted by Gasteiger charge is -2.35. The van der Waals surface area contributed by atoms with Crippen LogP contribution in [0.1, 0.15) is 24.2 Å². The first kappa shape index (κ1) is 17.5. The standard InChI is InChI=1S/C20H28N4O2/c1-15-18(24-8-4-3-5-19(24)21-15)11-20(25)23-13-16-6-7-17(14-23)22(12-16)9-10-26-2/h3-5,8,16-17H,6-7,9-14H2,1-2H3/t16-,17-/m0/s1. The van der Waals surface area contributed by atoms with E-state index in [1.165, 1.54) is 12.8 Å². The fourth-order valence-corrected chi connectivity index (χ4v) is 4.50. The van der Waals surface area contributed by atoms with Crippen LogP contribution in [0.5, 0.6) is 0 Å². The predicted molar refractivity (Wildman–Crippen MR) is 100 cm³/mol. The van der Waals surface area contributed by atoms with Crippen LogP contribution in [0.25, 0.3) is 5.65 Å². The van der Waals surface area contributed by atoms with E-state index in [1.54, 1.807) is 7.11 Å². The van der Waals surface area contributed by atoms with Gasteiger partial charge >= 0.3 is 0 Å². The van der Waals surface area contributed by atoms with Crippen molar-refractivity contribution in [2.45, 2.75) is 32.2 Å². The number of aromatic nitrogens is 2. The van der Waals surface area contributed by atoms with Crippen molar-refractivity contribution >= 4 is 11.6 Å². The number of hydrogen-bond acceptors (Lipinski definition) is 4. The van der Waals surface area contributed by atoms with Crippen LogP contribution in [0.2, 0.25) is 0 Å². The SMILES string of the molecule is COCCN1C[C@@H]2CC[C@H]1CN(C(=O)Cc1c(C)nc3ccccn13)C2. The average Bonchev–Trinajstić information content (AvgIpc) is 2.81. The van der Waals surface area contributed by atoms with Crippen molar-refractivity contribution in [1.82, 2.24) is 19.2 Å². The molecule has 1 amide bonds. The van der Waals surface area contributed by atoms with Crippen LogP contribution < -0.4 is 0 Å². The number of methoxy groups -OCH3 is 1. The number of imidazole rings is 1. The first-order valence-electron chi connectivity index (χ1n) is 9.59. The van der Waals surface area contributed by atoms with Gasteiger partial charge in [0.1, 0.15) is 5.65 Å². The lowest BCUT2D eigenvalue weighted by molar-refractivity contribution is -0.130. The third-order valence-electron chi connectivity index (χ3n) is 5.91. The van der Waals surface area contributed by atoms with E-state index < -0.39 is 0 Å². The number of carbonyl (C=O) groups excluding carboxylic acids is 1. The number of nitrogens with zero attached hydrogens (tertiary/aromatic N) is 4. The summed E-state index contributed by atoms with van der Waals surface area (Å²) in [4.78, 5) is 22.3. The zero-order valence-corrected chi connectivity index (χ0v) is 15.7. The minimum Gasteiger partial charge on any atom is -0.383 e. The second kappa shape index (κ2) is 7.37. The van der Waals surface area contributed by atoms with Crippen molar-refractivity contribution in [3.8, 4) is 0 Å². The Kier molecular flexibility index (Phi) is 4.96. The van der Waals surface area contributed by atoms with E-state index >= 15 is 0 Å². The highest BCUT2D eigenvalue weighted by Gasteiger charge is 2.36. The van der Waals surface area contributed by atoms with Crippen LogP contribution in [0, 0.1) is 12.8 Å². The molecular weight excluding hydrogens is 328 g/mol. The number of pyridine rings is 1. The number of ether oxygens (including phenoxy) is 1. The molecule has 6 heteroatoms. The van der Waals surface area contributed by atoms with E-state index in [0.29, 0.717) is 18.4 Å². The van der Waals surface area contributed by atoms with Crippen LogP contribution in [0.3, 0.4) is 0 Å². The van der Waals surface area contributed by atoms with Gasteiger partial charge in [0, 0.05) is 45.5 Å². The van der Waals surface area contributed by atoms with Gasteiger partial charge in [-0.3, -0.25) is 9.69 Å². The summed E-state index contributed by atoms with van der Waals surface area (Å²) in [7, 11) is 1.75. The predicted octanol–water partition coefficient (Wildman–Crippen LogP) is 1.75. The smallest absolute Gasteiger partial charge is 0.228 e. The zero-order valence-electron chi connectivity index (χ0n) is 15.7. The van der Waals surface area contributed by atoms with Crippen LogP contribution >= 0.6 is 0 Å². The minimum absolute atomic E-state index is 0.226. The minimum atomic E-state index is 0.226. The molecule has 26 heavy (non-hydrogen) atoms. The van der Waals surface area contributed by atoms with E-state index in [0.717, 1.165) is 49.8 Å². The van der Waals surface area contributed by atoms with Gasteiger partial charge in [-0.15, -0.1) is 0 Å². The second-order valence-corrected chi connectivity index (χ2v) is 7.63. The van der Waals surface area contributed by atoms with Crippen LogP contribution in [0.4, 0.5) is 0 Å². The van der Waals surface area contributed by atoms with E-state index in [9.17, 15) is 4.79 Å². The normalized spacial score (nSPS) is 23.5. The molecule has 3 fully saturated rings. The maximum absolute atomic E-state index is 13.1. The van der Waals surface area contributed by atoms with Gasteiger partial charge in [-0.1, -0.05) is 6.07 Å². The summed E-state index contributed by atoms with van der Waals surface area (Å²) in [5, 5.41) is 0. The highest BCUT2D eigenvalue weighted by atomic mass is 16.5. The molecule has 0 aliphatic carbocycles. The molecule has 0 saturated carbocycles. The summed E-state index contributed by atoms with van der Waals surface area (Å²) in [5.41, 5.74) is 2.87. The summed E-state index contributed by atoms with van der Waals surface area (Å²) >= 11 is 0. The van der Waals surface area contributed by atoms with Crippen molar-refractivity contribution in [3.05, 3.63) is 35.8 Å². The van der Waals surface area contributed by atoms with Crippen LogP contribution in [-0.2, 0) is 16.0 Å². The van der Waals surface area contributed by atoms with Crippen molar-refractivity contribution in [2.24, 2.45) is 5.92 Å². The van der Waals surface area contributed by atoms with Crippen LogP contribution in [0.15, 0.2) is 24.4 Å². The number of amides is 1. The highest BCUT2D eigenvalue weighted by Crippen LogP contribution is 2.28. The molecule has 2 atom stereocenters. The summed E-state index contributed by atoms with van der Waals surface area (Å²) in [5.74, 6) is 0.807. The largest absolute Gasteiger partial charge is 0.383 e. The van der Waals surface area contributed by atoms with Gasteiger partial charge in [0.25, 0.3) is 0 Å². The Morgan fingerprint density at radius 2 is 2.15 bits per heavy atom. The Labute approximate surface area is 154 Å². The molecule has 2 aromatic rings. The van der Waals surface area contributed by atoms with Crippen molar-refractivity contribution in [2.75, 3.05) is 39.9 Å². The summed E-state index contributed by atoms with van der Waals surface area (Å²) in [6, 6.07) is 6.42. The summed E-state index contributed by atoms with van der Waals surface area (Å²) in [6.45, 7) is 6.54. The molecule has 3 aliphatic rings. The Balaban J connectivity index is 1.49. The summed E-state index contributed by atoms with van der Waals surface area (Å²) in [6.07, 6.45) is 4.84. The van der Waals surface area contributed by atoms with Gasteiger partial charge in [-0.2, -0.15) is 0 Å². The Bertz CT molecular complexity index is 787. The molecule has 5 rings (SSSR count). The highest BCUT2D eigenvalue weighted by molar-refractivity contribution is 5.79. The maximum Gasteiger partial charge on any atom is 0.228 e. The van der Waals surface area contributed by atoms with Gasteiger partial charge < -0.3 is 14.0 Å². The second-order valence-electron chi connectivity index (χ2n) is 7.63. The molecule has 140 valence electrons. The van der Waals surface area contributed by atoms with Gasteiger partial charge in [0.05, 0.1) is 24.4 Å². The third-order valence-corrected chi connectivity index (χ3v) is 5.91. The Morgan fingerprint density at radius 3 is 3.00 bits per heavy atom. The number of piperidine rings is 1. The maximum atomic E-state index is 13.1. The van der Waals surface area contributed by atoms with E-state index in [4.69, 9.17) is 4.74 Å². The summed E-state index contributed by atoms with van der Waals surface area (Å²) < 4.78 is 7.31. The molecule has 0 N–H and O–H groups in total. The fraction of sp³-hybridized carbons (Fsp3) is 0.600. The lowest BCUT2D eigenvalue weighted by atomic mass is 9.95. The zero-order chi connectivity index (χ0) is 18.1. The molecule has 3 saturated heterocycles. The number of hydrogen-bond donors (Lipinski definition) is 0. The van der Waals surface area contributed by atoms with Crippen LogP contribution in [-0.4, -0.2) is 71.0 Å². The number of fused-ring (bicyclic) bond motifs is 5. The monoisotopic (exact) mass is 356 g/mol. The molecule has 6 nitrogen and oxygen atoms in total. The van der Waals surface area contributed by atoms with Crippen molar-refractivity contribution in [1.29, 1.82) is 0 Å². The topological polar surface area (TPSA) is 50.1 Å². The Hall–Kier alpha value is -1.92. The lowest BCUT2D eigenvalue weighted by Crippen LogP contribution is -2.45. The number of rotatable bonds is 5. The average molecular weight is 356 g/mol. The van der Waals surface area contributed by atoms with Gasteiger partial charge in [0.2, 0.25) is 5.91 Å². The fourth-order valence-electron chi connectivity index (χ4n) is 4.50. The number of aryl methyl sites for hydroxylation is 1. The molecule has 2 aromatic heterocycles. The number of carbonyl (C=O) groups is 1. The first-order valence-corrected chi connectivity index (χ1v) is 9.59.